The van der Waals surface area contributed by atoms with Crippen molar-refractivity contribution in [1.29, 1.82) is 0 Å². The Morgan fingerprint density at radius 1 is 0.950 bits per heavy atom. The third-order valence-corrected chi connectivity index (χ3v) is 10.1. The summed E-state index contributed by atoms with van der Waals surface area (Å²) in [5, 5.41) is 2.56. The summed E-state index contributed by atoms with van der Waals surface area (Å²) in [6.07, 6.45) is 0. The number of rotatable bonds is 6. The molecular formula is C29H22BrN3O5S2. The van der Waals surface area contributed by atoms with E-state index in [1.165, 1.54) is 21.2 Å². The van der Waals surface area contributed by atoms with Crippen LogP contribution in [0.4, 0.5) is 11.4 Å². The SMILES string of the molecule is COc1ccccc1[C@H]1c2sc(=O)n(CC(=O)Nc3ccccc3)c2SC2C(=O)N(c3ccc(Br)cc3)C(=O)C21. The Morgan fingerprint density at radius 3 is 2.38 bits per heavy atom. The van der Waals surface area contributed by atoms with E-state index in [-0.39, 0.29) is 29.1 Å². The molecule has 4 aromatic rings. The number of ether oxygens (including phenoxy) is 1. The Morgan fingerprint density at radius 2 is 1.65 bits per heavy atom. The number of carbonyl (C=O) groups excluding carboxylic acids is 3. The van der Waals surface area contributed by atoms with Crippen molar-refractivity contribution in [3.05, 3.63) is 103 Å². The number of carbonyl (C=O) groups is 3. The van der Waals surface area contributed by atoms with Gasteiger partial charge in [-0.3, -0.25) is 23.7 Å². The largest absolute Gasteiger partial charge is 0.496 e. The molecule has 11 heteroatoms. The van der Waals surface area contributed by atoms with Gasteiger partial charge in [0.2, 0.25) is 17.7 Å². The van der Waals surface area contributed by atoms with E-state index in [9.17, 15) is 19.2 Å². The van der Waals surface area contributed by atoms with E-state index in [0.717, 1.165) is 15.8 Å². The molecular weight excluding hydrogens is 614 g/mol. The van der Waals surface area contributed by atoms with E-state index in [4.69, 9.17) is 4.74 Å². The molecule has 0 radical (unpaired) electrons. The number of hydrogen-bond acceptors (Lipinski definition) is 7. The second kappa shape index (κ2) is 10.7. The number of nitrogens with zero attached hydrogens (tertiary/aromatic N) is 2. The number of thiazole rings is 1. The first-order valence-electron chi connectivity index (χ1n) is 12.4. The van der Waals surface area contributed by atoms with Crippen LogP contribution < -0.4 is 19.8 Å². The lowest BCUT2D eigenvalue weighted by atomic mass is 9.82. The molecule has 6 rings (SSSR count). The fourth-order valence-electron chi connectivity index (χ4n) is 5.22. The van der Waals surface area contributed by atoms with Crippen LogP contribution in [0.2, 0.25) is 0 Å². The Labute approximate surface area is 246 Å². The number of aromatic nitrogens is 1. The molecule has 1 fully saturated rings. The molecule has 3 heterocycles. The summed E-state index contributed by atoms with van der Waals surface area (Å²) < 4.78 is 7.88. The highest BCUT2D eigenvalue weighted by Crippen LogP contribution is 2.55. The normalized spacial score (nSPS) is 19.8. The number of benzene rings is 3. The Hall–Kier alpha value is -3.67. The lowest BCUT2D eigenvalue weighted by molar-refractivity contribution is -0.122. The molecule has 0 saturated carbocycles. The van der Waals surface area contributed by atoms with Gasteiger partial charge in [0.1, 0.15) is 17.5 Å². The molecule has 2 unspecified atom stereocenters. The lowest BCUT2D eigenvalue weighted by Crippen LogP contribution is -2.33. The first kappa shape index (κ1) is 26.5. The van der Waals surface area contributed by atoms with Gasteiger partial charge < -0.3 is 10.1 Å². The van der Waals surface area contributed by atoms with Gasteiger partial charge in [-0.1, -0.05) is 75.4 Å². The van der Waals surface area contributed by atoms with E-state index >= 15 is 0 Å². The fourth-order valence-corrected chi connectivity index (χ4v) is 8.25. The van der Waals surface area contributed by atoms with E-state index in [1.54, 1.807) is 49.6 Å². The van der Waals surface area contributed by atoms with Gasteiger partial charge >= 0.3 is 4.87 Å². The molecule has 40 heavy (non-hydrogen) atoms. The molecule has 2 aliphatic rings. The Kier molecular flexibility index (Phi) is 7.11. The molecule has 202 valence electrons. The minimum absolute atomic E-state index is 0.221. The summed E-state index contributed by atoms with van der Waals surface area (Å²) in [7, 11) is 1.55. The first-order chi connectivity index (χ1) is 19.4. The fraction of sp³-hybridized carbons (Fsp3) is 0.172. The standard InChI is InChI=1S/C29H22BrN3O5S2/c1-38-20-10-6-5-9-19(20)22-23-24(27(36)33(26(23)35)18-13-11-16(30)12-14-18)39-28-25(22)40-29(37)32(28)15-21(34)31-17-7-3-2-4-8-17/h2-14,22-24H,15H2,1H3,(H,31,34)/t22-,23?,24?/m1/s1. The van der Waals surface area contributed by atoms with Crippen LogP contribution in [-0.2, 0) is 20.9 Å². The average molecular weight is 637 g/mol. The highest BCUT2D eigenvalue weighted by Gasteiger charge is 2.57. The lowest BCUT2D eigenvalue weighted by Gasteiger charge is -2.31. The van der Waals surface area contributed by atoms with Crippen LogP contribution in [0.1, 0.15) is 16.4 Å². The van der Waals surface area contributed by atoms with Crippen LogP contribution in [0, 0.1) is 5.92 Å². The summed E-state index contributed by atoms with van der Waals surface area (Å²) >= 11 is 5.58. The van der Waals surface area contributed by atoms with Gasteiger partial charge in [-0.2, -0.15) is 0 Å². The van der Waals surface area contributed by atoms with Crippen LogP contribution in [0.3, 0.4) is 0 Å². The van der Waals surface area contributed by atoms with Crippen LogP contribution in [0.15, 0.2) is 93.2 Å². The van der Waals surface area contributed by atoms with Crippen LogP contribution in [0.5, 0.6) is 5.75 Å². The second-order valence-corrected chi connectivity index (χ2v) is 12.3. The smallest absolute Gasteiger partial charge is 0.308 e. The van der Waals surface area contributed by atoms with Gasteiger partial charge in [0.25, 0.3) is 0 Å². The molecule has 0 aliphatic carbocycles. The molecule has 1 aromatic heterocycles. The molecule has 0 spiro atoms. The van der Waals surface area contributed by atoms with Gasteiger partial charge in [-0.05, 0) is 42.5 Å². The number of fused-ring (bicyclic) bond motifs is 2. The van der Waals surface area contributed by atoms with Crippen molar-refractivity contribution in [2.45, 2.75) is 22.7 Å². The number of imide groups is 1. The summed E-state index contributed by atoms with van der Waals surface area (Å²) in [5.74, 6) is -1.86. The molecule has 3 amide bonds. The molecule has 1 saturated heterocycles. The number of nitrogens with one attached hydrogen (secondary N) is 1. The monoisotopic (exact) mass is 635 g/mol. The quantitative estimate of drug-likeness (QED) is 0.296. The van der Waals surface area contributed by atoms with Crippen LogP contribution in [-0.4, -0.2) is 34.6 Å². The molecule has 3 aromatic carbocycles. The van der Waals surface area contributed by atoms with Crippen molar-refractivity contribution in [3.63, 3.8) is 0 Å². The van der Waals surface area contributed by atoms with Gasteiger partial charge in [-0.25, -0.2) is 4.90 Å². The predicted octanol–water partition coefficient (Wildman–Crippen LogP) is 5.12. The number of hydrogen-bond donors (Lipinski definition) is 1. The van der Waals surface area contributed by atoms with Crippen LogP contribution in [0.25, 0.3) is 0 Å². The zero-order valence-corrected chi connectivity index (χ0v) is 24.3. The van der Waals surface area contributed by atoms with Crippen molar-refractivity contribution in [2.24, 2.45) is 5.92 Å². The average Bonchev–Trinajstić information content (AvgIpc) is 3.40. The number of anilines is 2. The van der Waals surface area contributed by atoms with Crippen molar-refractivity contribution >= 4 is 68.1 Å². The maximum absolute atomic E-state index is 14.0. The van der Waals surface area contributed by atoms with E-state index < -0.39 is 17.1 Å². The third kappa shape index (κ3) is 4.57. The van der Waals surface area contributed by atoms with E-state index in [0.29, 0.717) is 32.6 Å². The van der Waals surface area contributed by atoms with E-state index in [1.807, 2.05) is 36.4 Å². The summed E-state index contributed by atoms with van der Waals surface area (Å²) in [6, 6.07) is 23.3. The van der Waals surface area contributed by atoms with Crippen molar-refractivity contribution < 1.29 is 19.1 Å². The molecule has 8 nitrogen and oxygen atoms in total. The van der Waals surface area contributed by atoms with Crippen molar-refractivity contribution in [2.75, 3.05) is 17.3 Å². The zero-order valence-electron chi connectivity index (χ0n) is 21.1. The van der Waals surface area contributed by atoms with Crippen molar-refractivity contribution in [3.8, 4) is 5.75 Å². The van der Waals surface area contributed by atoms with Gasteiger partial charge in [0, 0.05) is 26.5 Å². The maximum Gasteiger partial charge on any atom is 0.308 e. The number of thioether (sulfide) groups is 1. The summed E-state index contributed by atoms with van der Waals surface area (Å²) in [5.41, 5.74) is 1.81. The minimum Gasteiger partial charge on any atom is -0.496 e. The van der Waals surface area contributed by atoms with Crippen molar-refractivity contribution in [1.82, 2.24) is 4.57 Å². The molecule has 1 N–H and O–H groups in total. The summed E-state index contributed by atoms with van der Waals surface area (Å²) in [4.78, 5) is 55.6. The second-order valence-electron chi connectivity index (χ2n) is 9.31. The maximum atomic E-state index is 14.0. The van der Waals surface area contributed by atoms with Crippen LogP contribution >= 0.6 is 39.0 Å². The topological polar surface area (TPSA) is 97.7 Å². The Balaban J connectivity index is 1.44. The summed E-state index contributed by atoms with van der Waals surface area (Å²) in [6.45, 7) is -0.221. The minimum atomic E-state index is -0.781. The number of methoxy groups -OCH3 is 1. The highest BCUT2D eigenvalue weighted by atomic mass is 79.9. The number of amides is 3. The Bertz CT molecular complexity index is 1690. The van der Waals surface area contributed by atoms with Gasteiger partial charge in [0.15, 0.2) is 0 Å². The van der Waals surface area contributed by atoms with Gasteiger partial charge in [0.05, 0.1) is 23.7 Å². The zero-order chi connectivity index (χ0) is 28.0. The first-order valence-corrected chi connectivity index (χ1v) is 14.9. The van der Waals surface area contributed by atoms with Gasteiger partial charge in [-0.15, -0.1) is 0 Å². The third-order valence-electron chi connectivity index (χ3n) is 6.97. The molecule has 0 bridgehead atoms. The number of halogens is 1. The predicted molar refractivity (Wildman–Crippen MR) is 158 cm³/mol. The molecule has 3 atom stereocenters. The highest BCUT2D eigenvalue weighted by molar-refractivity contribution is 9.10. The van der Waals surface area contributed by atoms with E-state index in [2.05, 4.69) is 21.2 Å². The number of para-hydroxylation sites is 2. The molecule has 2 aliphatic heterocycles.